The Labute approximate surface area is 136 Å². The molecule has 7 heteroatoms. The van der Waals surface area contributed by atoms with Crippen LogP contribution in [0.1, 0.15) is 32.8 Å². The Hall–Kier alpha value is -0.550. The van der Waals surface area contributed by atoms with Gasteiger partial charge in [0, 0.05) is 10.9 Å². The van der Waals surface area contributed by atoms with Crippen LogP contribution in [0.4, 0.5) is 5.69 Å². The van der Waals surface area contributed by atoms with Crippen LogP contribution in [0.15, 0.2) is 24.3 Å². The molecule has 118 valence electrons. The first-order chi connectivity index (χ1) is 9.90. The molecule has 0 bridgehead atoms. The fourth-order valence-electron chi connectivity index (χ4n) is 1.56. The van der Waals surface area contributed by atoms with Crippen molar-refractivity contribution in [3.8, 4) is 0 Å². The first kappa shape index (κ1) is 18.5. The number of hydrogen-bond donors (Lipinski definition) is 2. The molecule has 0 spiro atoms. The molecule has 0 aliphatic carbocycles. The monoisotopic (exact) mass is 346 g/mol. The van der Waals surface area contributed by atoms with Gasteiger partial charge in [-0.2, -0.15) is 0 Å². The van der Waals surface area contributed by atoms with Crippen molar-refractivity contribution in [2.75, 3.05) is 11.9 Å². The summed E-state index contributed by atoms with van der Waals surface area (Å²) in [6.45, 7) is 5.23. The van der Waals surface area contributed by atoms with Gasteiger partial charge >= 0.3 is 6.72 Å². The SMILES string of the molecule is CCOP(=O)(NC(=S)Nc1ccccc1C)SC(C)CC. The molecule has 0 aromatic heterocycles. The maximum atomic E-state index is 12.8. The fourth-order valence-corrected chi connectivity index (χ4v) is 6.45. The van der Waals surface area contributed by atoms with E-state index >= 15 is 0 Å². The molecule has 1 rings (SSSR count). The van der Waals surface area contributed by atoms with Gasteiger partial charge in [0.1, 0.15) is 0 Å². The van der Waals surface area contributed by atoms with Gasteiger partial charge in [-0.1, -0.05) is 32.0 Å². The predicted molar refractivity (Wildman–Crippen MR) is 97.1 cm³/mol. The molecule has 0 aliphatic heterocycles. The molecule has 0 saturated heterocycles. The first-order valence-electron chi connectivity index (χ1n) is 6.98. The van der Waals surface area contributed by atoms with Gasteiger partial charge in [-0.15, -0.1) is 0 Å². The Bertz CT molecular complexity index is 525. The largest absolute Gasteiger partial charge is 0.353 e. The van der Waals surface area contributed by atoms with Crippen LogP contribution >= 0.6 is 30.3 Å². The summed E-state index contributed by atoms with van der Waals surface area (Å²) in [5, 5.41) is 6.47. The maximum absolute atomic E-state index is 12.8. The van der Waals surface area contributed by atoms with Crippen LogP contribution in [0, 0.1) is 6.92 Å². The number of para-hydroxylation sites is 1. The van der Waals surface area contributed by atoms with Crippen molar-refractivity contribution in [3.63, 3.8) is 0 Å². The van der Waals surface area contributed by atoms with E-state index in [1.807, 2.05) is 45.0 Å². The number of aryl methyl sites for hydroxylation is 1. The summed E-state index contributed by atoms with van der Waals surface area (Å²) in [5.74, 6) is 0. The molecule has 21 heavy (non-hydrogen) atoms. The molecule has 0 heterocycles. The zero-order valence-electron chi connectivity index (χ0n) is 12.9. The summed E-state index contributed by atoms with van der Waals surface area (Å²) in [5.41, 5.74) is 1.97. The lowest BCUT2D eigenvalue weighted by molar-refractivity contribution is 0.343. The third kappa shape index (κ3) is 6.39. The van der Waals surface area contributed by atoms with Crippen molar-refractivity contribution in [2.24, 2.45) is 0 Å². The molecule has 2 N–H and O–H groups in total. The number of anilines is 1. The van der Waals surface area contributed by atoms with E-state index in [0.29, 0.717) is 11.7 Å². The van der Waals surface area contributed by atoms with Crippen LogP contribution in [0.25, 0.3) is 0 Å². The average Bonchev–Trinajstić information content (AvgIpc) is 2.41. The Morgan fingerprint density at radius 3 is 2.67 bits per heavy atom. The molecular formula is C14H23N2O2PS2. The molecule has 2 unspecified atom stereocenters. The summed E-state index contributed by atoms with van der Waals surface area (Å²) in [4.78, 5) is 0. The summed E-state index contributed by atoms with van der Waals surface area (Å²) in [7, 11) is 0. The van der Waals surface area contributed by atoms with Crippen LogP contribution < -0.4 is 10.4 Å². The van der Waals surface area contributed by atoms with Gasteiger partial charge < -0.3 is 9.84 Å². The smallest absolute Gasteiger partial charge is 0.332 e. The second-order valence-corrected chi connectivity index (χ2v) is 9.60. The van der Waals surface area contributed by atoms with Gasteiger partial charge in [-0.25, -0.2) is 0 Å². The fraction of sp³-hybridized carbons (Fsp3) is 0.500. The lowest BCUT2D eigenvalue weighted by Gasteiger charge is -2.22. The second kappa shape index (κ2) is 8.79. The highest BCUT2D eigenvalue weighted by molar-refractivity contribution is 8.56. The van der Waals surface area contributed by atoms with E-state index in [9.17, 15) is 4.57 Å². The van der Waals surface area contributed by atoms with Gasteiger partial charge in [0.2, 0.25) is 0 Å². The van der Waals surface area contributed by atoms with Gasteiger partial charge in [0.05, 0.1) is 6.61 Å². The van der Waals surface area contributed by atoms with Crippen molar-refractivity contribution < 1.29 is 9.09 Å². The van der Waals surface area contributed by atoms with Crippen LogP contribution in [0.5, 0.6) is 0 Å². The second-order valence-electron chi connectivity index (χ2n) is 4.62. The minimum absolute atomic E-state index is 0.233. The van der Waals surface area contributed by atoms with E-state index in [2.05, 4.69) is 17.3 Å². The van der Waals surface area contributed by atoms with E-state index in [-0.39, 0.29) is 5.25 Å². The molecule has 0 fully saturated rings. The molecule has 2 atom stereocenters. The minimum atomic E-state index is -3.04. The Kier molecular flexibility index (Phi) is 7.74. The third-order valence-electron chi connectivity index (χ3n) is 2.82. The van der Waals surface area contributed by atoms with Gasteiger partial charge in [0.25, 0.3) is 0 Å². The zero-order chi connectivity index (χ0) is 15.9. The summed E-state index contributed by atoms with van der Waals surface area (Å²) < 4.78 is 18.2. The van der Waals surface area contributed by atoms with E-state index in [1.165, 1.54) is 11.4 Å². The third-order valence-corrected chi connectivity index (χ3v) is 7.75. The minimum Gasteiger partial charge on any atom is -0.332 e. The first-order valence-corrected chi connectivity index (χ1v) is 10.5. The molecule has 0 saturated carbocycles. The van der Waals surface area contributed by atoms with Crippen molar-refractivity contribution in [1.29, 1.82) is 0 Å². The predicted octanol–water partition coefficient (Wildman–Crippen LogP) is 4.96. The van der Waals surface area contributed by atoms with E-state index < -0.39 is 6.72 Å². The van der Waals surface area contributed by atoms with Crippen LogP contribution in [0.3, 0.4) is 0 Å². The summed E-state index contributed by atoms with van der Waals surface area (Å²) in [6.07, 6.45) is 0.918. The molecule has 1 aromatic rings. The average molecular weight is 346 g/mol. The van der Waals surface area contributed by atoms with Crippen molar-refractivity contribution in [3.05, 3.63) is 29.8 Å². The molecule has 0 radical (unpaired) electrons. The molecule has 0 aliphatic rings. The van der Waals surface area contributed by atoms with Gasteiger partial charge in [-0.3, -0.25) is 9.65 Å². The van der Waals surface area contributed by atoms with Gasteiger partial charge in [-0.05, 0) is 55.5 Å². The molecule has 1 aromatic carbocycles. The number of thiocarbonyl (C=S) groups is 1. The Morgan fingerprint density at radius 1 is 1.43 bits per heavy atom. The number of hydrogen-bond acceptors (Lipinski definition) is 4. The van der Waals surface area contributed by atoms with E-state index in [1.54, 1.807) is 0 Å². The highest BCUT2D eigenvalue weighted by Gasteiger charge is 2.27. The molecule has 4 nitrogen and oxygen atoms in total. The topological polar surface area (TPSA) is 50.4 Å². The van der Waals surface area contributed by atoms with Crippen molar-refractivity contribution >= 4 is 41.1 Å². The summed E-state index contributed by atoms with van der Waals surface area (Å²) >= 11 is 6.57. The number of rotatable bonds is 7. The maximum Gasteiger partial charge on any atom is 0.353 e. The highest BCUT2D eigenvalue weighted by Crippen LogP contribution is 2.58. The van der Waals surface area contributed by atoms with Crippen LogP contribution in [-0.4, -0.2) is 17.0 Å². The number of benzene rings is 1. The van der Waals surface area contributed by atoms with E-state index in [0.717, 1.165) is 17.7 Å². The Balaban J connectivity index is 2.73. The zero-order valence-corrected chi connectivity index (χ0v) is 15.4. The van der Waals surface area contributed by atoms with E-state index in [4.69, 9.17) is 16.7 Å². The lowest BCUT2D eigenvalue weighted by atomic mass is 10.2. The van der Waals surface area contributed by atoms with Crippen molar-refractivity contribution in [1.82, 2.24) is 5.09 Å². The van der Waals surface area contributed by atoms with Gasteiger partial charge in [0.15, 0.2) is 5.11 Å². The molecule has 0 amide bonds. The van der Waals surface area contributed by atoms with Crippen LogP contribution in [-0.2, 0) is 9.09 Å². The van der Waals surface area contributed by atoms with Crippen LogP contribution in [0.2, 0.25) is 0 Å². The summed E-state index contributed by atoms with van der Waals surface area (Å²) in [6, 6.07) is 7.80. The van der Waals surface area contributed by atoms with Crippen molar-refractivity contribution in [2.45, 2.75) is 39.4 Å². The standard InChI is InChI=1S/C14H23N2O2PS2/c1-5-12(4)21-19(17,18-6-2)16-14(20)15-13-10-8-7-9-11(13)3/h7-10,12H,5-6H2,1-4H3,(H2,15,16,17,20). The lowest BCUT2D eigenvalue weighted by Crippen LogP contribution is -2.26. The molecular weight excluding hydrogens is 323 g/mol. The Morgan fingerprint density at radius 2 is 2.10 bits per heavy atom. The quantitative estimate of drug-likeness (QED) is 0.538. The highest BCUT2D eigenvalue weighted by atomic mass is 32.7. The normalized spacial score (nSPS) is 15.0. The number of nitrogens with one attached hydrogen (secondary N) is 2.